The smallest absolute Gasteiger partial charge is 0.227 e. The summed E-state index contributed by atoms with van der Waals surface area (Å²) in [6, 6.07) is 7.78. The molecule has 1 aliphatic carbocycles. The van der Waals surface area contributed by atoms with Crippen LogP contribution in [0.1, 0.15) is 54.4 Å². The van der Waals surface area contributed by atoms with Crippen molar-refractivity contribution in [1.82, 2.24) is 14.9 Å². The standard InChI is InChI=1S/C27H34N4O2S/c1-3-7-23-28-26(25-21-8-5-4-6-9-22(21)34-27(25)29-23)31-16-14-30(15-17-31)24(32)18-19-10-12-20(33-2)13-11-19/h10-13H,3-9,14-18H2,1-2H3. The SMILES string of the molecule is CCCc1nc(N2CCN(C(=O)Cc3ccc(OC)cc3)CC2)c2c3c(sc2n1)CCCCC3. The van der Waals surface area contributed by atoms with Gasteiger partial charge in [-0.3, -0.25) is 4.79 Å². The highest BCUT2D eigenvalue weighted by Gasteiger charge is 2.27. The van der Waals surface area contributed by atoms with E-state index in [1.807, 2.05) is 40.5 Å². The summed E-state index contributed by atoms with van der Waals surface area (Å²) in [6.07, 6.45) is 8.53. The van der Waals surface area contributed by atoms with E-state index >= 15 is 0 Å². The Morgan fingerprint density at radius 1 is 1.03 bits per heavy atom. The van der Waals surface area contributed by atoms with Gasteiger partial charge in [-0.1, -0.05) is 25.5 Å². The van der Waals surface area contributed by atoms with Gasteiger partial charge in [0.15, 0.2) is 0 Å². The minimum absolute atomic E-state index is 0.189. The van der Waals surface area contributed by atoms with Gasteiger partial charge in [0.1, 0.15) is 22.2 Å². The normalized spacial score (nSPS) is 16.4. The van der Waals surface area contributed by atoms with Gasteiger partial charge >= 0.3 is 0 Å². The molecule has 1 saturated heterocycles. The van der Waals surface area contributed by atoms with Gasteiger partial charge in [0.05, 0.1) is 18.9 Å². The summed E-state index contributed by atoms with van der Waals surface area (Å²) in [7, 11) is 1.66. The summed E-state index contributed by atoms with van der Waals surface area (Å²) < 4.78 is 5.22. The van der Waals surface area contributed by atoms with Crippen LogP contribution in [-0.4, -0.2) is 54.1 Å². The van der Waals surface area contributed by atoms with Crippen LogP contribution in [0.4, 0.5) is 5.82 Å². The molecule has 1 aromatic carbocycles. The topological polar surface area (TPSA) is 58.6 Å². The van der Waals surface area contributed by atoms with Gasteiger partial charge < -0.3 is 14.5 Å². The molecular weight excluding hydrogens is 444 g/mol. The predicted molar refractivity (Wildman–Crippen MR) is 138 cm³/mol. The Bertz CT molecular complexity index is 1150. The first-order chi connectivity index (χ1) is 16.7. The van der Waals surface area contributed by atoms with Crippen LogP contribution >= 0.6 is 11.3 Å². The van der Waals surface area contributed by atoms with E-state index in [1.165, 1.54) is 46.3 Å². The molecule has 7 heteroatoms. The van der Waals surface area contributed by atoms with Crippen molar-refractivity contribution in [3.63, 3.8) is 0 Å². The Kier molecular flexibility index (Phi) is 6.99. The quantitative estimate of drug-likeness (QED) is 0.476. The van der Waals surface area contributed by atoms with Crippen LogP contribution in [0.25, 0.3) is 10.2 Å². The third-order valence-electron chi connectivity index (χ3n) is 7.01. The Hall–Kier alpha value is -2.67. The Balaban J connectivity index is 1.34. The first-order valence-electron chi connectivity index (χ1n) is 12.6. The number of carbonyl (C=O) groups excluding carboxylic acids is 1. The number of amides is 1. The second-order valence-electron chi connectivity index (χ2n) is 9.35. The zero-order chi connectivity index (χ0) is 23.5. The molecule has 2 aromatic heterocycles. The van der Waals surface area contributed by atoms with Crippen LogP contribution in [0, 0.1) is 0 Å². The molecule has 0 radical (unpaired) electrons. The number of aromatic nitrogens is 2. The molecule has 0 bridgehead atoms. The molecule has 0 spiro atoms. The van der Waals surface area contributed by atoms with Gasteiger partial charge in [-0.25, -0.2) is 9.97 Å². The maximum atomic E-state index is 13.0. The van der Waals surface area contributed by atoms with Crippen molar-refractivity contribution in [2.75, 3.05) is 38.2 Å². The fraction of sp³-hybridized carbons (Fsp3) is 0.519. The number of benzene rings is 1. The number of anilines is 1. The minimum atomic E-state index is 0.189. The molecule has 1 amide bonds. The van der Waals surface area contributed by atoms with Crippen LogP contribution < -0.4 is 9.64 Å². The number of carbonyl (C=O) groups is 1. The molecule has 2 aliphatic rings. The third kappa shape index (κ3) is 4.76. The molecule has 1 aliphatic heterocycles. The summed E-state index contributed by atoms with van der Waals surface area (Å²) in [4.78, 5) is 30.1. The molecular formula is C27H34N4O2S. The third-order valence-corrected chi connectivity index (χ3v) is 8.20. The Morgan fingerprint density at radius 3 is 2.53 bits per heavy atom. The van der Waals surface area contributed by atoms with Crippen molar-refractivity contribution in [2.45, 2.75) is 58.3 Å². The van der Waals surface area contributed by atoms with Crippen LogP contribution in [-0.2, 0) is 30.5 Å². The van der Waals surface area contributed by atoms with Crippen LogP contribution in [0.15, 0.2) is 24.3 Å². The number of ether oxygens (including phenoxy) is 1. The highest BCUT2D eigenvalue weighted by atomic mass is 32.1. The van der Waals surface area contributed by atoms with Crippen molar-refractivity contribution in [2.24, 2.45) is 0 Å². The summed E-state index contributed by atoms with van der Waals surface area (Å²) in [5.41, 5.74) is 2.52. The first kappa shape index (κ1) is 23.1. The van der Waals surface area contributed by atoms with Crippen molar-refractivity contribution < 1.29 is 9.53 Å². The van der Waals surface area contributed by atoms with Gasteiger partial charge in [0.2, 0.25) is 5.91 Å². The average molecular weight is 479 g/mol. The number of fused-ring (bicyclic) bond motifs is 3. The molecule has 1 fully saturated rings. The van der Waals surface area contributed by atoms with E-state index in [4.69, 9.17) is 14.7 Å². The van der Waals surface area contributed by atoms with Crippen molar-refractivity contribution in [1.29, 1.82) is 0 Å². The van der Waals surface area contributed by atoms with Gasteiger partial charge in [-0.2, -0.15) is 0 Å². The lowest BCUT2D eigenvalue weighted by molar-refractivity contribution is -0.130. The Morgan fingerprint density at radius 2 is 1.79 bits per heavy atom. The molecule has 0 unspecified atom stereocenters. The number of aryl methyl sites for hydroxylation is 3. The predicted octanol–water partition coefficient (Wildman–Crippen LogP) is 4.81. The monoisotopic (exact) mass is 478 g/mol. The zero-order valence-corrected chi connectivity index (χ0v) is 21.1. The second-order valence-corrected chi connectivity index (χ2v) is 10.4. The van der Waals surface area contributed by atoms with Crippen LogP contribution in [0.5, 0.6) is 5.75 Å². The Labute approximate surface area is 206 Å². The summed E-state index contributed by atoms with van der Waals surface area (Å²) in [6.45, 7) is 5.28. The van der Waals surface area contributed by atoms with Crippen LogP contribution in [0.2, 0.25) is 0 Å². The molecule has 34 heavy (non-hydrogen) atoms. The van der Waals surface area contributed by atoms with E-state index in [0.29, 0.717) is 6.42 Å². The summed E-state index contributed by atoms with van der Waals surface area (Å²) >= 11 is 1.89. The first-order valence-corrected chi connectivity index (χ1v) is 13.4. The number of methoxy groups -OCH3 is 1. The largest absolute Gasteiger partial charge is 0.497 e. The molecule has 6 nitrogen and oxygen atoms in total. The van der Waals surface area contributed by atoms with E-state index in [1.54, 1.807) is 7.11 Å². The maximum absolute atomic E-state index is 13.0. The molecule has 180 valence electrons. The average Bonchev–Trinajstić information content (AvgIpc) is 3.05. The van der Waals surface area contributed by atoms with E-state index in [-0.39, 0.29) is 5.91 Å². The fourth-order valence-electron chi connectivity index (χ4n) is 5.12. The van der Waals surface area contributed by atoms with Crippen LogP contribution in [0.3, 0.4) is 0 Å². The molecule has 5 rings (SSSR count). The highest BCUT2D eigenvalue weighted by Crippen LogP contribution is 2.39. The number of hydrogen-bond donors (Lipinski definition) is 0. The summed E-state index contributed by atoms with van der Waals surface area (Å²) in [5, 5.41) is 1.29. The van der Waals surface area contributed by atoms with E-state index in [9.17, 15) is 4.79 Å². The number of thiophene rings is 1. The number of rotatable bonds is 6. The van der Waals surface area contributed by atoms with Crippen molar-refractivity contribution in [3.05, 3.63) is 46.1 Å². The second kappa shape index (κ2) is 10.3. The maximum Gasteiger partial charge on any atom is 0.227 e. The minimum Gasteiger partial charge on any atom is -0.497 e. The van der Waals surface area contributed by atoms with Gasteiger partial charge in [-0.15, -0.1) is 11.3 Å². The number of hydrogen-bond acceptors (Lipinski definition) is 6. The van der Waals surface area contributed by atoms with Crippen molar-refractivity contribution in [3.8, 4) is 5.75 Å². The lowest BCUT2D eigenvalue weighted by Crippen LogP contribution is -2.49. The zero-order valence-electron chi connectivity index (χ0n) is 20.3. The molecule has 3 heterocycles. The number of nitrogens with zero attached hydrogens (tertiary/aromatic N) is 4. The molecule has 3 aromatic rings. The fourth-order valence-corrected chi connectivity index (χ4v) is 6.39. The van der Waals surface area contributed by atoms with Gasteiger partial charge in [-0.05, 0) is 55.4 Å². The lowest BCUT2D eigenvalue weighted by atomic mass is 10.1. The molecule has 0 atom stereocenters. The molecule has 0 saturated carbocycles. The lowest BCUT2D eigenvalue weighted by Gasteiger charge is -2.36. The van der Waals surface area contributed by atoms with Gasteiger partial charge in [0, 0.05) is 37.5 Å². The number of piperazine rings is 1. The summed E-state index contributed by atoms with van der Waals surface area (Å²) in [5.74, 6) is 3.07. The van der Waals surface area contributed by atoms with E-state index in [0.717, 1.165) is 68.4 Å². The van der Waals surface area contributed by atoms with E-state index in [2.05, 4.69) is 11.8 Å². The van der Waals surface area contributed by atoms with E-state index < -0.39 is 0 Å². The highest BCUT2D eigenvalue weighted by molar-refractivity contribution is 7.19. The molecule has 0 N–H and O–H groups in total. The van der Waals surface area contributed by atoms with Crippen molar-refractivity contribution >= 4 is 33.3 Å². The van der Waals surface area contributed by atoms with Gasteiger partial charge in [0.25, 0.3) is 0 Å².